The van der Waals surface area contributed by atoms with E-state index in [0.717, 1.165) is 24.8 Å². The largest absolute Gasteiger partial charge is 0.512 e. The third kappa shape index (κ3) is 2.01. The maximum atomic E-state index is 9.68. The van der Waals surface area contributed by atoms with Gasteiger partial charge < -0.3 is 10.2 Å². The first kappa shape index (κ1) is 9.59. The highest BCUT2D eigenvalue weighted by molar-refractivity contribution is 5.20. The number of hydrogen-bond acceptors (Lipinski definition) is 2. The molecule has 0 aromatic carbocycles. The molecule has 0 aliphatic heterocycles. The molecular weight excluding hydrogens is 152 g/mol. The molecule has 0 heterocycles. The van der Waals surface area contributed by atoms with Gasteiger partial charge in [-0.2, -0.15) is 0 Å². The van der Waals surface area contributed by atoms with Crippen LogP contribution in [-0.4, -0.2) is 15.8 Å². The van der Waals surface area contributed by atoms with E-state index < -0.39 is 5.60 Å². The third-order valence-corrected chi connectivity index (χ3v) is 2.52. The van der Waals surface area contributed by atoms with Gasteiger partial charge in [-0.1, -0.05) is 6.92 Å². The Morgan fingerprint density at radius 2 is 2.00 bits per heavy atom. The van der Waals surface area contributed by atoms with Crippen molar-refractivity contribution in [2.24, 2.45) is 5.92 Å². The SMILES string of the molecule is CC1CCC(C(C)(C)O)=C(O)C1. The van der Waals surface area contributed by atoms with E-state index in [1.54, 1.807) is 13.8 Å². The van der Waals surface area contributed by atoms with Crippen LogP contribution in [0.2, 0.25) is 0 Å². The minimum atomic E-state index is -0.843. The number of hydrogen-bond donors (Lipinski definition) is 2. The lowest BCUT2D eigenvalue weighted by Crippen LogP contribution is -2.26. The van der Waals surface area contributed by atoms with Gasteiger partial charge in [0.05, 0.1) is 11.4 Å². The van der Waals surface area contributed by atoms with Gasteiger partial charge in [0.25, 0.3) is 0 Å². The van der Waals surface area contributed by atoms with Crippen LogP contribution in [0.3, 0.4) is 0 Å². The maximum Gasteiger partial charge on any atom is 0.0945 e. The Balaban J connectivity index is 2.83. The van der Waals surface area contributed by atoms with E-state index in [2.05, 4.69) is 6.92 Å². The van der Waals surface area contributed by atoms with Gasteiger partial charge in [-0.3, -0.25) is 0 Å². The van der Waals surface area contributed by atoms with Crippen molar-refractivity contribution in [3.63, 3.8) is 0 Å². The molecule has 0 fully saturated rings. The van der Waals surface area contributed by atoms with Crippen LogP contribution < -0.4 is 0 Å². The fraction of sp³-hybridized carbons (Fsp3) is 0.800. The lowest BCUT2D eigenvalue weighted by atomic mass is 9.82. The fourth-order valence-corrected chi connectivity index (χ4v) is 1.75. The second kappa shape index (κ2) is 3.09. The van der Waals surface area contributed by atoms with Crippen molar-refractivity contribution in [2.45, 2.75) is 45.6 Å². The maximum absolute atomic E-state index is 9.68. The van der Waals surface area contributed by atoms with Crippen LogP contribution in [0, 0.1) is 5.92 Å². The summed E-state index contributed by atoms with van der Waals surface area (Å²) in [6.07, 6.45) is 2.62. The molecule has 0 bridgehead atoms. The molecule has 0 aromatic heterocycles. The van der Waals surface area contributed by atoms with Gasteiger partial charge in [0.2, 0.25) is 0 Å². The average molecular weight is 170 g/mol. The summed E-state index contributed by atoms with van der Waals surface area (Å²) in [6, 6.07) is 0. The molecule has 12 heavy (non-hydrogen) atoms. The van der Waals surface area contributed by atoms with Crippen LogP contribution in [0.15, 0.2) is 11.3 Å². The molecule has 2 heteroatoms. The summed E-state index contributed by atoms with van der Waals surface area (Å²) in [7, 11) is 0. The third-order valence-electron chi connectivity index (χ3n) is 2.52. The summed E-state index contributed by atoms with van der Waals surface area (Å²) in [4.78, 5) is 0. The van der Waals surface area contributed by atoms with Crippen LogP contribution in [0.5, 0.6) is 0 Å². The van der Waals surface area contributed by atoms with Crippen LogP contribution in [0.1, 0.15) is 40.0 Å². The van der Waals surface area contributed by atoms with Gasteiger partial charge in [0.15, 0.2) is 0 Å². The molecule has 1 aliphatic carbocycles. The summed E-state index contributed by atoms with van der Waals surface area (Å²) >= 11 is 0. The van der Waals surface area contributed by atoms with Crippen LogP contribution in [0.4, 0.5) is 0 Å². The van der Waals surface area contributed by atoms with Gasteiger partial charge in [0, 0.05) is 6.42 Å². The number of aliphatic hydroxyl groups is 2. The molecule has 2 nitrogen and oxygen atoms in total. The Hall–Kier alpha value is -0.500. The first-order valence-corrected chi connectivity index (χ1v) is 4.55. The molecular formula is C10H18O2. The highest BCUT2D eigenvalue weighted by Crippen LogP contribution is 2.33. The molecule has 1 unspecified atom stereocenters. The quantitative estimate of drug-likeness (QED) is 0.634. The van der Waals surface area contributed by atoms with Gasteiger partial charge in [0.1, 0.15) is 0 Å². The lowest BCUT2D eigenvalue weighted by Gasteiger charge is -2.29. The highest BCUT2D eigenvalue weighted by Gasteiger charge is 2.27. The second-order valence-electron chi connectivity index (χ2n) is 4.33. The predicted octanol–water partition coefficient (Wildman–Crippen LogP) is 2.39. The molecule has 0 amide bonds. The Labute approximate surface area is 73.9 Å². The summed E-state index contributed by atoms with van der Waals surface area (Å²) < 4.78 is 0. The zero-order valence-corrected chi connectivity index (χ0v) is 8.09. The molecule has 2 N–H and O–H groups in total. The molecule has 1 rings (SSSR count). The monoisotopic (exact) mass is 170 g/mol. The number of aliphatic hydroxyl groups excluding tert-OH is 1. The Morgan fingerprint density at radius 1 is 1.42 bits per heavy atom. The van der Waals surface area contributed by atoms with E-state index in [1.165, 1.54) is 0 Å². The van der Waals surface area contributed by atoms with Gasteiger partial charge in [-0.25, -0.2) is 0 Å². The first-order valence-electron chi connectivity index (χ1n) is 4.55. The smallest absolute Gasteiger partial charge is 0.0945 e. The molecule has 70 valence electrons. The Bertz CT molecular complexity index is 198. The van der Waals surface area contributed by atoms with Crippen molar-refractivity contribution in [3.05, 3.63) is 11.3 Å². The first-order chi connectivity index (χ1) is 5.41. The predicted molar refractivity (Wildman–Crippen MR) is 49.0 cm³/mol. The molecule has 0 spiro atoms. The molecule has 0 aromatic rings. The Morgan fingerprint density at radius 3 is 2.42 bits per heavy atom. The molecule has 0 radical (unpaired) electrons. The zero-order chi connectivity index (χ0) is 9.35. The van der Waals surface area contributed by atoms with Gasteiger partial charge in [-0.15, -0.1) is 0 Å². The van der Waals surface area contributed by atoms with Crippen molar-refractivity contribution in [3.8, 4) is 0 Å². The van der Waals surface area contributed by atoms with E-state index in [1.807, 2.05) is 0 Å². The molecule has 1 aliphatic rings. The molecule has 0 saturated carbocycles. The second-order valence-corrected chi connectivity index (χ2v) is 4.33. The van der Waals surface area contributed by atoms with Crippen molar-refractivity contribution < 1.29 is 10.2 Å². The fourth-order valence-electron chi connectivity index (χ4n) is 1.75. The summed E-state index contributed by atoms with van der Waals surface area (Å²) in [5.41, 5.74) is -0.0230. The van der Waals surface area contributed by atoms with Crippen molar-refractivity contribution >= 4 is 0 Å². The van der Waals surface area contributed by atoms with Crippen molar-refractivity contribution in [1.29, 1.82) is 0 Å². The normalized spacial score (nSPS) is 26.2. The van der Waals surface area contributed by atoms with Gasteiger partial charge in [-0.05, 0) is 38.2 Å². The molecule has 1 atom stereocenters. The summed E-state index contributed by atoms with van der Waals surface area (Å²) in [5.74, 6) is 0.956. The topological polar surface area (TPSA) is 40.5 Å². The standard InChI is InChI=1S/C10H18O2/c1-7-4-5-8(9(11)6-7)10(2,3)12/h7,11-12H,4-6H2,1-3H3. The zero-order valence-electron chi connectivity index (χ0n) is 8.09. The minimum Gasteiger partial charge on any atom is -0.512 e. The van der Waals surface area contributed by atoms with E-state index in [4.69, 9.17) is 0 Å². The van der Waals surface area contributed by atoms with Crippen molar-refractivity contribution in [2.75, 3.05) is 0 Å². The van der Waals surface area contributed by atoms with Crippen LogP contribution >= 0.6 is 0 Å². The Kier molecular flexibility index (Phi) is 2.47. The number of allylic oxidation sites excluding steroid dienone is 1. The van der Waals surface area contributed by atoms with E-state index in [9.17, 15) is 10.2 Å². The highest BCUT2D eigenvalue weighted by atomic mass is 16.3. The minimum absolute atomic E-state index is 0.404. The van der Waals surface area contributed by atoms with Crippen LogP contribution in [0.25, 0.3) is 0 Å². The van der Waals surface area contributed by atoms with E-state index >= 15 is 0 Å². The summed E-state index contributed by atoms with van der Waals surface area (Å²) in [5, 5.41) is 19.3. The lowest BCUT2D eigenvalue weighted by molar-refractivity contribution is 0.103. The van der Waals surface area contributed by atoms with Crippen molar-refractivity contribution in [1.82, 2.24) is 0 Å². The average Bonchev–Trinajstić information content (AvgIpc) is 1.83. The van der Waals surface area contributed by atoms with Crippen LogP contribution in [-0.2, 0) is 0 Å². The number of rotatable bonds is 1. The molecule has 0 saturated heterocycles. The van der Waals surface area contributed by atoms with E-state index in [0.29, 0.717) is 11.7 Å². The van der Waals surface area contributed by atoms with Gasteiger partial charge >= 0.3 is 0 Å². The summed E-state index contributed by atoms with van der Waals surface area (Å²) in [6.45, 7) is 5.58. The van der Waals surface area contributed by atoms with E-state index in [-0.39, 0.29) is 0 Å².